The molecule has 0 heterocycles. The van der Waals surface area contributed by atoms with Gasteiger partial charge < -0.3 is 15.4 Å². The molecule has 7 nitrogen and oxygen atoms in total. The van der Waals surface area contributed by atoms with Crippen LogP contribution in [0.2, 0.25) is 0 Å². The molecular weight excluding hydrogens is 372 g/mol. The number of amides is 2. The van der Waals surface area contributed by atoms with E-state index in [1.54, 1.807) is 57.2 Å². The van der Waals surface area contributed by atoms with Crippen molar-refractivity contribution in [3.8, 4) is 0 Å². The number of anilines is 2. The molecule has 2 aromatic carbocycles. The van der Waals surface area contributed by atoms with Gasteiger partial charge in [0.1, 0.15) is 0 Å². The van der Waals surface area contributed by atoms with Gasteiger partial charge in [0.05, 0.1) is 5.56 Å². The number of hydrogen-bond acceptors (Lipinski definition) is 5. The first-order valence-electron chi connectivity index (χ1n) is 9.06. The second kappa shape index (κ2) is 9.14. The second-order valence-electron chi connectivity index (χ2n) is 7.54. The number of hydrogen-bond donors (Lipinski definition) is 2. The minimum atomic E-state index is -0.667. The number of carbonyl (C=O) groups excluding carboxylic acids is 4. The highest BCUT2D eigenvalue weighted by molar-refractivity contribution is 6.00. The summed E-state index contributed by atoms with van der Waals surface area (Å²) in [6, 6.07) is 12.6. The number of rotatable bonds is 6. The molecule has 2 aromatic rings. The van der Waals surface area contributed by atoms with Crippen molar-refractivity contribution in [3.63, 3.8) is 0 Å². The highest BCUT2D eigenvalue weighted by Crippen LogP contribution is 2.18. The first-order valence-corrected chi connectivity index (χ1v) is 9.06. The molecule has 0 aliphatic carbocycles. The molecule has 7 heteroatoms. The monoisotopic (exact) mass is 396 g/mol. The van der Waals surface area contributed by atoms with E-state index in [0.717, 1.165) is 0 Å². The molecule has 0 atom stereocenters. The first-order chi connectivity index (χ1) is 13.6. The third-order valence-electron chi connectivity index (χ3n) is 3.90. The summed E-state index contributed by atoms with van der Waals surface area (Å²) in [5, 5.41) is 5.35. The average Bonchev–Trinajstić information content (AvgIpc) is 2.65. The zero-order valence-corrected chi connectivity index (χ0v) is 16.9. The van der Waals surface area contributed by atoms with Gasteiger partial charge in [0, 0.05) is 29.3 Å². The van der Waals surface area contributed by atoms with E-state index in [-0.39, 0.29) is 23.2 Å². The standard InChI is InChI=1S/C22H24N2O5/c1-14(25)23-18-7-5-6-16(12-18)20(27)29-13-19(26)15-8-10-17(11-9-15)24-21(28)22(2,3)4/h5-12H,13H2,1-4H3,(H,23,25)(H,24,28). The highest BCUT2D eigenvalue weighted by atomic mass is 16.5. The first kappa shape index (κ1) is 21.8. The van der Waals surface area contributed by atoms with Crippen LogP contribution in [-0.4, -0.2) is 30.2 Å². The fourth-order valence-electron chi connectivity index (χ4n) is 2.28. The Morgan fingerprint density at radius 1 is 0.862 bits per heavy atom. The lowest BCUT2D eigenvalue weighted by Crippen LogP contribution is -2.27. The Morgan fingerprint density at radius 3 is 2.10 bits per heavy atom. The van der Waals surface area contributed by atoms with Crippen LogP contribution in [-0.2, 0) is 14.3 Å². The highest BCUT2D eigenvalue weighted by Gasteiger charge is 2.21. The Morgan fingerprint density at radius 2 is 1.52 bits per heavy atom. The van der Waals surface area contributed by atoms with Crippen LogP contribution in [0, 0.1) is 5.41 Å². The van der Waals surface area contributed by atoms with Crippen molar-refractivity contribution >= 4 is 34.9 Å². The van der Waals surface area contributed by atoms with Crippen LogP contribution in [0.4, 0.5) is 11.4 Å². The van der Waals surface area contributed by atoms with Crippen LogP contribution in [0.5, 0.6) is 0 Å². The van der Waals surface area contributed by atoms with Crippen LogP contribution in [0.3, 0.4) is 0 Å². The fraction of sp³-hybridized carbons (Fsp3) is 0.273. The third-order valence-corrected chi connectivity index (χ3v) is 3.90. The number of Topliss-reactive ketones (excluding diaryl/α,β-unsaturated/α-hetero) is 1. The average molecular weight is 396 g/mol. The molecule has 29 heavy (non-hydrogen) atoms. The van der Waals surface area contributed by atoms with Gasteiger partial charge >= 0.3 is 5.97 Å². The predicted octanol–water partition coefficient (Wildman–Crippen LogP) is 3.67. The number of ether oxygens (including phenoxy) is 1. The molecule has 0 bridgehead atoms. The van der Waals surface area contributed by atoms with Crippen molar-refractivity contribution in [2.45, 2.75) is 27.7 Å². The van der Waals surface area contributed by atoms with Crippen molar-refractivity contribution in [1.29, 1.82) is 0 Å². The Bertz CT molecular complexity index is 927. The minimum absolute atomic E-state index is 0.132. The van der Waals surface area contributed by atoms with Crippen LogP contribution >= 0.6 is 0 Å². The van der Waals surface area contributed by atoms with Gasteiger partial charge in [0.25, 0.3) is 0 Å². The van der Waals surface area contributed by atoms with Crippen molar-refractivity contribution < 1.29 is 23.9 Å². The predicted molar refractivity (Wildman–Crippen MR) is 110 cm³/mol. The molecule has 0 fully saturated rings. The number of benzene rings is 2. The molecule has 0 spiro atoms. The molecule has 2 amide bonds. The molecule has 0 radical (unpaired) electrons. The summed E-state index contributed by atoms with van der Waals surface area (Å²) in [5.74, 6) is -1.43. The van der Waals surface area contributed by atoms with E-state index >= 15 is 0 Å². The van der Waals surface area contributed by atoms with Crippen molar-refractivity contribution in [3.05, 3.63) is 59.7 Å². The zero-order chi connectivity index (χ0) is 21.6. The maximum atomic E-state index is 12.3. The largest absolute Gasteiger partial charge is 0.454 e. The van der Waals surface area contributed by atoms with Crippen molar-refractivity contribution in [2.24, 2.45) is 5.41 Å². The Labute approximate surface area is 169 Å². The maximum absolute atomic E-state index is 12.3. The summed E-state index contributed by atoms with van der Waals surface area (Å²) >= 11 is 0. The van der Waals surface area contributed by atoms with Gasteiger partial charge in [-0.15, -0.1) is 0 Å². The Hall–Kier alpha value is -3.48. The molecule has 2 rings (SSSR count). The van der Waals surface area contributed by atoms with Gasteiger partial charge in [0.2, 0.25) is 11.8 Å². The minimum Gasteiger partial charge on any atom is -0.454 e. The van der Waals surface area contributed by atoms with E-state index in [1.165, 1.54) is 19.1 Å². The van der Waals surface area contributed by atoms with E-state index in [2.05, 4.69) is 10.6 Å². The van der Waals surface area contributed by atoms with Crippen LogP contribution in [0.25, 0.3) is 0 Å². The molecular formula is C22H24N2O5. The Balaban J connectivity index is 1.94. The molecule has 0 saturated heterocycles. The fourth-order valence-corrected chi connectivity index (χ4v) is 2.28. The maximum Gasteiger partial charge on any atom is 0.338 e. The Kier molecular flexibility index (Phi) is 6.88. The smallest absolute Gasteiger partial charge is 0.338 e. The lowest BCUT2D eigenvalue weighted by atomic mass is 9.95. The van der Waals surface area contributed by atoms with E-state index in [4.69, 9.17) is 4.74 Å². The SMILES string of the molecule is CC(=O)Nc1cccc(C(=O)OCC(=O)c2ccc(NC(=O)C(C)(C)C)cc2)c1. The summed E-state index contributed by atoms with van der Waals surface area (Å²) < 4.78 is 5.07. The molecule has 2 N–H and O–H groups in total. The summed E-state index contributed by atoms with van der Waals surface area (Å²) in [7, 11) is 0. The molecule has 0 aliphatic rings. The van der Waals surface area contributed by atoms with Gasteiger partial charge in [-0.1, -0.05) is 26.8 Å². The third kappa shape index (κ3) is 6.57. The van der Waals surface area contributed by atoms with Crippen LogP contribution in [0.1, 0.15) is 48.4 Å². The normalized spacial score (nSPS) is 10.8. The van der Waals surface area contributed by atoms with E-state index in [1.807, 2.05) is 0 Å². The van der Waals surface area contributed by atoms with Crippen molar-refractivity contribution in [1.82, 2.24) is 0 Å². The van der Waals surface area contributed by atoms with Gasteiger partial charge in [-0.3, -0.25) is 14.4 Å². The van der Waals surface area contributed by atoms with Gasteiger partial charge in [-0.05, 0) is 42.5 Å². The van der Waals surface area contributed by atoms with E-state index in [9.17, 15) is 19.2 Å². The summed E-state index contributed by atoms with van der Waals surface area (Å²) in [5.41, 5.74) is 1.10. The quantitative estimate of drug-likeness (QED) is 0.573. The lowest BCUT2D eigenvalue weighted by molar-refractivity contribution is -0.123. The lowest BCUT2D eigenvalue weighted by Gasteiger charge is -2.17. The topological polar surface area (TPSA) is 102 Å². The molecule has 152 valence electrons. The van der Waals surface area contributed by atoms with E-state index < -0.39 is 18.0 Å². The summed E-state index contributed by atoms with van der Waals surface area (Å²) in [6.45, 7) is 6.36. The molecule has 0 unspecified atom stereocenters. The van der Waals surface area contributed by atoms with Crippen LogP contribution in [0.15, 0.2) is 48.5 Å². The molecule has 0 aromatic heterocycles. The second-order valence-corrected chi connectivity index (χ2v) is 7.54. The molecule has 0 saturated carbocycles. The number of esters is 1. The van der Waals surface area contributed by atoms with E-state index in [0.29, 0.717) is 16.9 Å². The van der Waals surface area contributed by atoms with Gasteiger partial charge in [-0.2, -0.15) is 0 Å². The van der Waals surface area contributed by atoms with Gasteiger partial charge in [-0.25, -0.2) is 4.79 Å². The number of nitrogens with one attached hydrogen (secondary N) is 2. The zero-order valence-electron chi connectivity index (χ0n) is 16.9. The summed E-state index contributed by atoms with van der Waals surface area (Å²) in [6.07, 6.45) is 0. The summed E-state index contributed by atoms with van der Waals surface area (Å²) in [4.78, 5) is 47.5. The molecule has 0 aliphatic heterocycles. The number of carbonyl (C=O) groups is 4. The van der Waals surface area contributed by atoms with Crippen LogP contribution < -0.4 is 10.6 Å². The van der Waals surface area contributed by atoms with Crippen molar-refractivity contribution in [2.75, 3.05) is 17.2 Å². The van der Waals surface area contributed by atoms with Gasteiger partial charge in [0.15, 0.2) is 12.4 Å². The number of ketones is 1.